The van der Waals surface area contributed by atoms with Crippen molar-refractivity contribution in [3.63, 3.8) is 0 Å². The molecule has 0 fully saturated rings. The van der Waals surface area contributed by atoms with Gasteiger partial charge in [0, 0.05) is 13.0 Å². The fourth-order valence-corrected chi connectivity index (χ4v) is 2.70. The monoisotopic (exact) mass is 305 g/mol. The Bertz CT molecular complexity index is 588. The molecule has 0 heterocycles. The molecule has 0 amide bonds. The number of hydrogen-bond acceptors (Lipinski definition) is 4. The van der Waals surface area contributed by atoms with Crippen LogP contribution in [-0.4, -0.2) is 33.1 Å². The minimum atomic E-state index is -3.88. The lowest BCUT2D eigenvalue weighted by Crippen LogP contribution is -2.29. The van der Waals surface area contributed by atoms with Crippen LogP contribution in [-0.2, 0) is 14.8 Å². The summed E-state index contributed by atoms with van der Waals surface area (Å²) in [6.45, 7) is 1.56. The molecular weight excluding hydrogens is 289 g/mol. The molecule has 1 aromatic rings. The molecule has 0 saturated heterocycles. The molecule has 0 aromatic heterocycles. The predicted molar refractivity (Wildman–Crippen MR) is 69.6 cm³/mol. The first kappa shape index (κ1) is 16.4. The standard InChI is InChI=1S/C12H16FNO5S/c1-8(5-12(15)16)7-14-20(17,18)9-3-4-11(19-2)10(13)6-9/h3-4,6,8,14H,5,7H2,1-2H3,(H,15,16). The number of methoxy groups -OCH3 is 1. The van der Waals surface area contributed by atoms with Gasteiger partial charge in [-0.3, -0.25) is 4.79 Å². The highest BCUT2D eigenvalue weighted by Gasteiger charge is 2.18. The van der Waals surface area contributed by atoms with Gasteiger partial charge < -0.3 is 9.84 Å². The number of carboxylic acid groups (broad SMARTS) is 1. The summed E-state index contributed by atoms with van der Waals surface area (Å²) in [5, 5.41) is 8.58. The summed E-state index contributed by atoms with van der Waals surface area (Å²) in [4.78, 5) is 10.2. The Hall–Kier alpha value is -1.67. The molecule has 0 aliphatic rings. The molecule has 0 radical (unpaired) electrons. The van der Waals surface area contributed by atoms with Crippen LogP contribution < -0.4 is 9.46 Å². The number of hydrogen-bond donors (Lipinski definition) is 2. The van der Waals surface area contributed by atoms with Gasteiger partial charge in [-0.1, -0.05) is 6.92 Å². The Balaban J connectivity index is 2.79. The molecule has 1 atom stereocenters. The van der Waals surface area contributed by atoms with Gasteiger partial charge in [0.15, 0.2) is 11.6 Å². The van der Waals surface area contributed by atoms with Crippen LogP contribution in [0.3, 0.4) is 0 Å². The van der Waals surface area contributed by atoms with Gasteiger partial charge in [-0.05, 0) is 24.1 Å². The quantitative estimate of drug-likeness (QED) is 0.790. The van der Waals surface area contributed by atoms with Crippen molar-refractivity contribution < 1.29 is 27.4 Å². The summed E-state index contributed by atoms with van der Waals surface area (Å²) in [5.74, 6) is -2.21. The van der Waals surface area contributed by atoms with Crippen LogP contribution in [0.2, 0.25) is 0 Å². The van der Waals surface area contributed by atoms with Crippen LogP contribution in [0.4, 0.5) is 4.39 Å². The van der Waals surface area contributed by atoms with Gasteiger partial charge in [0.05, 0.1) is 12.0 Å². The van der Waals surface area contributed by atoms with Crippen molar-refractivity contribution in [1.29, 1.82) is 0 Å². The van der Waals surface area contributed by atoms with Crippen molar-refractivity contribution in [2.75, 3.05) is 13.7 Å². The number of rotatable bonds is 7. The first-order valence-corrected chi connectivity index (χ1v) is 7.29. The predicted octanol–water partition coefficient (Wildman–Crippen LogP) is 1.22. The Morgan fingerprint density at radius 1 is 1.50 bits per heavy atom. The highest BCUT2D eigenvalue weighted by atomic mass is 32.2. The third-order valence-corrected chi connectivity index (χ3v) is 4.00. The van der Waals surface area contributed by atoms with Crippen molar-refractivity contribution in [2.24, 2.45) is 5.92 Å². The fourth-order valence-electron chi connectivity index (χ4n) is 1.52. The van der Waals surface area contributed by atoms with E-state index in [0.717, 1.165) is 6.07 Å². The van der Waals surface area contributed by atoms with Crippen molar-refractivity contribution in [3.05, 3.63) is 24.0 Å². The summed E-state index contributed by atoms with van der Waals surface area (Å²) in [5.41, 5.74) is 0. The molecule has 0 aliphatic heterocycles. The highest BCUT2D eigenvalue weighted by Crippen LogP contribution is 2.20. The van der Waals surface area contributed by atoms with Gasteiger partial charge in [-0.25, -0.2) is 17.5 Å². The molecule has 8 heteroatoms. The topological polar surface area (TPSA) is 92.7 Å². The second-order valence-electron chi connectivity index (χ2n) is 4.35. The average molecular weight is 305 g/mol. The Labute approximate surface area is 116 Å². The summed E-state index contributed by atoms with van der Waals surface area (Å²) in [7, 11) is -2.60. The first-order chi connectivity index (χ1) is 9.26. The lowest BCUT2D eigenvalue weighted by atomic mass is 10.1. The van der Waals surface area contributed by atoms with Crippen molar-refractivity contribution in [3.8, 4) is 5.75 Å². The molecule has 0 bridgehead atoms. The van der Waals surface area contributed by atoms with Crippen LogP contribution in [0.25, 0.3) is 0 Å². The van der Waals surface area contributed by atoms with Gasteiger partial charge in [0.1, 0.15) is 0 Å². The molecule has 20 heavy (non-hydrogen) atoms. The number of ether oxygens (including phenoxy) is 1. The van der Waals surface area contributed by atoms with E-state index >= 15 is 0 Å². The van der Waals surface area contributed by atoms with E-state index in [-0.39, 0.29) is 29.5 Å². The van der Waals surface area contributed by atoms with Crippen LogP contribution in [0, 0.1) is 11.7 Å². The van der Waals surface area contributed by atoms with Crippen molar-refractivity contribution in [1.82, 2.24) is 4.72 Å². The number of benzene rings is 1. The average Bonchev–Trinajstić information content (AvgIpc) is 2.35. The SMILES string of the molecule is COc1ccc(S(=O)(=O)NCC(C)CC(=O)O)cc1F. The zero-order valence-electron chi connectivity index (χ0n) is 11.1. The van der Waals surface area contributed by atoms with E-state index in [9.17, 15) is 17.6 Å². The molecule has 2 N–H and O–H groups in total. The normalized spacial score (nSPS) is 12.9. The Morgan fingerprint density at radius 3 is 2.65 bits per heavy atom. The molecule has 1 unspecified atom stereocenters. The van der Waals surface area contributed by atoms with Crippen LogP contribution in [0.5, 0.6) is 5.75 Å². The van der Waals surface area contributed by atoms with E-state index in [2.05, 4.69) is 4.72 Å². The maximum atomic E-state index is 13.5. The van der Waals surface area contributed by atoms with Crippen LogP contribution in [0.1, 0.15) is 13.3 Å². The molecule has 1 aromatic carbocycles. The van der Waals surface area contributed by atoms with Gasteiger partial charge in [-0.15, -0.1) is 0 Å². The van der Waals surface area contributed by atoms with E-state index in [1.54, 1.807) is 6.92 Å². The second kappa shape index (κ2) is 6.67. The van der Waals surface area contributed by atoms with Crippen LogP contribution >= 0.6 is 0 Å². The zero-order chi connectivity index (χ0) is 15.3. The van der Waals surface area contributed by atoms with Gasteiger partial charge in [0.25, 0.3) is 0 Å². The maximum Gasteiger partial charge on any atom is 0.303 e. The van der Waals surface area contributed by atoms with E-state index in [1.807, 2.05) is 0 Å². The molecule has 0 aliphatic carbocycles. The Morgan fingerprint density at radius 2 is 2.15 bits per heavy atom. The first-order valence-electron chi connectivity index (χ1n) is 5.81. The fraction of sp³-hybridized carbons (Fsp3) is 0.417. The Kier molecular flexibility index (Phi) is 5.46. The van der Waals surface area contributed by atoms with Gasteiger partial charge >= 0.3 is 5.97 Å². The summed E-state index contributed by atoms with van der Waals surface area (Å²) >= 11 is 0. The number of carbonyl (C=O) groups is 1. The molecule has 1 rings (SSSR count). The largest absolute Gasteiger partial charge is 0.494 e. The lowest BCUT2D eigenvalue weighted by Gasteiger charge is -2.11. The molecular formula is C12H16FNO5S. The number of nitrogens with one attached hydrogen (secondary N) is 1. The maximum absolute atomic E-state index is 13.5. The van der Waals surface area contributed by atoms with E-state index < -0.39 is 21.8 Å². The summed E-state index contributed by atoms with van der Waals surface area (Å²) in [6.07, 6.45) is -0.153. The van der Waals surface area contributed by atoms with E-state index in [0.29, 0.717) is 0 Å². The summed E-state index contributed by atoms with van der Waals surface area (Å²) in [6, 6.07) is 3.28. The minimum Gasteiger partial charge on any atom is -0.494 e. The minimum absolute atomic E-state index is 0.0394. The smallest absolute Gasteiger partial charge is 0.303 e. The van der Waals surface area contributed by atoms with Gasteiger partial charge in [-0.2, -0.15) is 0 Å². The van der Waals surface area contributed by atoms with Crippen molar-refractivity contribution >= 4 is 16.0 Å². The van der Waals surface area contributed by atoms with E-state index in [4.69, 9.17) is 9.84 Å². The van der Waals surface area contributed by atoms with E-state index in [1.165, 1.54) is 19.2 Å². The third-order valence-electron chi connectivity index (χ3n) is 2.58. The highest BCUT2D eigenvalue weighted by molar-refractivity contribution is 7.89. The second-order valence-corrected chi connectivity index (χ2v) is 6.12. The van der Waals surface area contributed by atoms with Crippen LogP contribution in [0.15, 0.2) is 23.1 Å². The third kappa shape index (κ3) is 4.46. The molecule has 6 nitrogen and oxygen atoms in total. The zero-order valence-corrected chi connectivity index (χ0v) is 11.9. The summed E-state index contributed by atoms with van der Waals surface area (Å²) < 4.78 is 44.2. The molecule has 0 saturated carbocycles. The molecule has 0 spiro atoms. The van der Waals surface area contributed by atoms with Crippen molar-refractivity contribution in [2.45, 2.75) is 18.2 Å². The molecule has 112 valence electrons. The number of halogens is 1. The number of aliphatic carboxylic acids is 1. The lowest BCUT2D eigenvalue weighted by molar-refractivity contribution is -0.137. The number of carboxylic acids is 1. The number of sulfonamides is 1. The van der Waals surface area contributed by atoms with Gasteiger partial charge in [0.2, 0.25) is 10.0 Å².